The maximum atomic E-state index is 12.6. The quantitative estimate of drug-likeness (QED) is 0.820. The van der Waals surface area contributed by atoms with E-state index in [9.17, 15) is 4.79 Å². The summed E-state index contributed by atoms with van der Waals surface area (Å²) in [5.74, 6) is -0.00634. The van der Waals surface area contributed by atoms with Gasteiger partial charge in [-0.2, -0.15) is 0 Å². The molecule has 0 atom stereocenters. The Kier molecular flexibility index (Phi) is 4.92. The lowest BCUT2D eigenvalue weighted by Gasteiger charge is -2.22. The first-order valence-electron chi connectivity index (χ1n) is 6.96. The Morgan fingerprint density at radius 2 is 2.20 bits per heavy atom. The van der Waals surface area contributed by atoms with Gasteiger partial charge >= 0.3 is 0 Å². The van der Waals surface area contributed by atoms with Crippen LogP contribution in [0.25, 0.3) is 0 Å². The summed E-state index contributed by atoms with van der Waals surface area (Å²) in [6.45, 7) is 5.76. The predicted molar refractivity (Wildman–Crippen MR) is 77.4 cm³/mol. The van der Waals surface area contributed by atoms with Crippen LogP contribution in [-0.2, 0) is 0 Å². The fourth-order valence-corrected chi connectivity index (χ4v) is 2.48. The normalized spacial score (nSPS) is 17.0. The van der Waals surface area contributed by atoms with Gasteiger partial charge in [0, 0.05) is 26.2 Å². The number of aliphatic hydroxyl groups is 1. The Labute approximate surface area is 119 Å². The maximum absolute atomic E-state index is 12.6. The minimum absolute atomic E-state index is 0.00634. The number of nitrogens with zero attached hydrogens (tertiary/aromatic N) is 3. The van der Waals surface area contributed by atoms with Gasteiger partial charge in [0.25, 0.3) is 5.91 Å². The highest BCUT2D eigenvalue weighted by atomic mass is 16.3. The Morgan fingerprint density at radius 1 is 1.40 bits per heavy atom. The van der Waals surface area contributed by atoms with Crippen molar-refractivity contribution in [1.29, 1.82) is 0 Å². The zero-order valence-corrected chi connectivity index (χ0v) is 11.9. The molecular weight excluding hydrogens is 256 g/mol. The van der Waals surface area contributed by atoms with Crippen molar-refractivity contribution in [3.8, 4) is 0 Å². The molecule has 1 fully saturated rings. The third-order valence-electron chi connectivity index (χ3n) is 3.63. The number of nitrogen functional groups attached to an aromatic ring is 1. The summed E-state index contributed by atoms with van der Waals surface area (Å²) in [7, 11) is 0. The molecule has 1 amide bonds. The number of aliphatic hydroxyl groups excluding tert-OH is 1. The first kappa shape index (κ1) is 14.7. The molecule has 1 aromatic rings. The Bertz CT molecular complexity index is 478. The molecule has 0 spiro atoms. The molecule has 2 heterocycles. The lowest BCUT2D eigenvalue weighted by molar-refractivity contribution is 0.0759. The van der Waals surface area contributed by atoms with Gasteiger partial charge in [-0.25, -0.2) is 0 Å². The molecule has 0 aliphatic carbocycles. The molecule has 6 nitrogen and oxygen atoms in total. The van der Waals surface area contributed by atoms with Crippen LogP contribution in [0.1, 0.15) is 22.5 Å². The van der Waals surface area contributed by atoms with Gasteiger partial charge in [-0.3, -0.25) is 14.7 Å². The number of carbonyl (C=O) groups is 1. The van der Waals surface area contributed by atoms with Crippen LogP contribution < -0.4 is 5.73 Å². The van der Waals surface area contributed by atoms with E-state index in [4.69, 9.17) is 10.8 Å². The summed E-state index contributed by atoms with van der Waals surface area (Å²) >= 11 is 0. The number of anilines is 1. The highest BCUT2D eigenvalue weighted by Crippen LogP contribution is 2.14. The van der Waals surface area contributed by atoms with Crippen molar-refractivity contribution in [2.75, 3.05) is 45.1 Å². The van der Waals surface area contributed by atoms with Crippen molar-refractivity contribution < 1.29 is 9.90 Å². The van der Waals surface area contributed by atoms with Gasteiger partial charge in [-0.05, 0) is 26.0 Å². The fourth-order valence-electron chi connectivity index (χ4n) is 2.48. The van der Waals surface area contributed by atoms with E-state index in [1.54, 1.807) is 12.3 Å². The lowest BCUT2D eigenvalue weighted by atomic mass is 10.1. The second-order valence-electron chi connectivity index (χ2n) is 5.11. The number of hydrogen-bond acceptors (Lipinski definition) is 5. The lowest BCUT2D eigenvalue weighted by Crippen LogP contribution is -2.36. The van der Waals surface area contributed by atoms with Gasteiger partial charge in [0.2, 0.25) is 0 Å². The van der Waals surface area contributed by atoms with E-state index < -0.39 is 0 Å². The molecule has 0 saturated carbocycles. The monoisotopic (exact) mass is 278 g/mol. The van der Waals surface area contributed by atoms with Crippen molar-refractivity contribution in [2.45, 2.75) is 13.3 Å². The van der Waals surface area contributed by atoms with Crippen molar-refractivity contribution >= 4 is 11.6 Å². The topological polar surface area (TPSA) is 82.7 Å². The molecule has 6 heteroatoms. The largest absolute Gasteiger partial charge is 0.397 e. The average Bonchev–Trinajstić information content (AvgIpc) is 2.67. The van der Waals surface area contributed by atoms with Crippen molar-refractivity contribution in [2.24, 2.45) is 0 Å². The number of amides is 1. The van der Waals surface area contributed by atoms with Crippen molar-refractivity contribution in [1.82, 2.24) is 14.8 Å². The van der Waals surface area contributed by atoms with Gasteiger partial charge in [-0.1, -0.05) is 0 Å². The van der Waals surface area contributed by atoms with Gasteiger partial charge in [-0.15, -0.1) is 0 Å². The number of pyridine rings is 1. The number of aryl methyl sites for hydroxylation is 1. The van der Waals surface area contributed by atoms with E-state index in [-0.39, 0.29) is 12.5 Å². The molecule has 0 aromatic carbocycles. The minimum Gasteiger partial charge on any atom is -0.397 e. The zero-order chi connectivity index (χ0) is 14.5. The fraction of sp³-hybridized carbons (Fsp3) is 0.571. The van der Waals surface area contributed by atoms with Gasteiger partial charge in [0.1, 0.15) is 0 Å². The molecule has 2 rings (SSSR count). The van der Waals surface area contributed by atoms with Crippen LogP contribution in [0.4, 0.5) is 5.69 Å². The van der Waals surface area contributed by atoms with E-state index in [2.05, 4.69) is 9.88 Å². The Hall–Kier alpha value is -1.66. The van der Waals surface area contributed by atoms with Crippen LogP contribution in [0.5, 0.6) is 0 Å². The Balaban J connectivity index is 2.07. The number of nitrogens with two attached hydrogens (primary N) is 1. The molecule has 0 unspecified atom stereocenters. The van der Waals surface area contributed by atoms with Crippen LogP contribution in [0.3, 0.4) is 0 Å². The van der Waals surface area contributed by atoms with E-state index >= 15 is 0 Å². The molecule has 110 valence electrons. The average molecular weight is 278 g/mol. The second-order valence-corrected chi connectivity index (χ2v) is 5.11. The number of aromatic nitrogens is 1. The zero-order valence-electron chi connectivity index (χ0n) is 11.9. The van der Waals surface area contributed by atoms with Gasteiger partial charge < -0.3 is 15.7 Å². The van der Waals surface area contributed by atoms with E-state index in [1.807, 2.05) is 11.8 Å². The van der Waals surface area contributed by atoms with E-state index in [0.29, 0.717) is 30.0 Å². The van der Waals surface area contributed by atoms with Crippen LogP contribution in [0.15, 0.2) is 12.3 Å². The Morgan fingerprint density at radius 3 is 2.95 bits per heavy atom. The third kappa shape index (κ3) is 3.46. The van der Waals surface area contributed by atoms with E-state index in [1.165, 1.54) is 0 Å². The predicted octanol–water partition coefficient (Wildman–Crippen LogP) is 0.112. The van der Waals surface area contributed by atoms with Crippen LogP contribution >= 0.6 is 0 Å². The van der Waals surface area contributed by atoms with Crippen LogP contribution in [0, 0.1) is 6.92 Å². The highest BCUT2D eigenvalue weighted by molar-refractivity contribution is 5.96. The first-order valence-corrected chi connectivity index (χ1v) is 6.96. The van der Waals surface area contributed by atoms with Crippen molar-refractivity contribution in [3.05, 3.63) is 23.5 Å². The number of hydrogen-bond donors (Lipinski definition) is 2. The highest BCUT2D eigenvalue weighted by Gasteiger charge is 2.21. The third-order valence-corrected chi connectivity index (χ3v) is 3.63. The summed E-state index contributed by atoms with van der Waals surface area (Å²) in [5.41, 5.74) is 7.52. The molecular formula is C14H22N4O2. The van der Waals surface area contributed by atoms with Crippen molar-refractivity contribution in [3.63, 3.8) is 0 Å². The molecule has 3 N–H and O–H groups in total. The molecule has 0 radical (unpaired) electrons. The molecule has 1 aromatic heterocycles. The number of rotatable bonds is 3. The summed E-state index contributed by atoms with van der Waals surface area (Å²) in [6, 6.07) is 1.70. The van der Waals surface area contributed by atoms with Gasteiger partial charge in [0.15, 0.2) is 0 Å². The minimum atomic E-state index is -0.00634. The molecule has 1 saturated heterocycles. The number of β-amino-alcohol motifs (C(OH)–C–C–N with tert-alkyl or cyclic N) is 1. The van der Waals surface area contributed by atoms with Crippen LogP contribution in [0.2, 0.25) is 0 Å². The van der Waals surface area contributed by atoms with Gasteiger partial charge in [0.05, 0.1) is 29.7 Å². The van der Waals surface area contributed by atoms with E-state index in [0.717, 1.165) is 26.1 Å². The SMILES string of the molecule is Cc1ncc(N)cc1C(=O)N1CCCN(CCO)CC1. The summed E-state index contributed by atoms with van der Waals surface area (Å²) in [4.78, 5) is 20.7. The maximum Gasteiger partial charge on any atom is 0.255 e. The molecule has 0 bridgehead atoms. The molecule has 20 heavy (non-hydrogen) atoms. The molecule has 1 aliphatic rings. The smallest absolute Gasteiger partial charge is 0.255 e. The standard InChI is InChI=1S/C14H22N4O2/c1-11-13(9-12(15)10-16-11)14(20)18-4-2-3-17(5-6-18)7-8-19/h9-10,19H,2-8,15H2,1H3. The number of carbonyl (C=O) groups excluding carboxylic acids is 1. The summed E-state index contributed by atoms with van der Waals surface area (Å²) in [6.07, 6.45) is 2.48. The van der Waals surface area contributed by atoms with Crippen LogP contribution in [-0.4, -0.2) is 65.1 Å². The summed E-state index contributed by atoms with van der Waals surface area (Å²) in [5, 5.41) is 8.99. The second kappa shape index (κ2) is 6.67. The first-order chi connectivity index (χ1) is 9.61. The summed E-state index contributed by atoms with van der Waals surface area (Å²) < 4.78 is 0. The molecule has 1 aliphatic heterocycles.